The first-order valence-electron chi connectivity index (χ1n) is 2.40. The Labute approximate surface area is 63.5 Å². The fourth-order valence-electron chi connectivity index (χ4n) is 0.410. The van der Waals surface area contributed by atoms with Gasteiger partial charge in [-0.15, -0.1) is 0 Å². The van der Waals surface area contributed by atoms with Crippen molar-refractivity contribution >= 4 is 15.9 Å². The molecule has 3 nitrogen and oxygen atoms in total. The van der Waals surface area contributed by atoms with Crippen LogP contribution in [0.4, 0.5) is 8.78 Å². The van der Waals surface area contributed by atoms with Gasteiger partial charge in [-0.3, -0.25) is 0 Å². The van der Waals surface area contributed by atoms with Gasteiger partial charge in [0, 0.05) is 0 Å². The highest BCUT2D eigenvalue weighted by Gasteiger charge is 2.15. The van der Waals surface area contributed by atoms with Gasteiger partial charge in [-0.2, -0.15) is 13.8 Å². The highest BCUT2D eigenvalue weighted by atomic mass is 79.9. The molecule has 0 amide bonds. The summed E-state index contributed by atoms with van der Waals surface area (Å²) in [6.45, 7) is 0. The normalized spacial score (nSPS) is 10.8. The molecule has 0 aromatic carbocycles. The lowest BCUT2D eigenvalue weighted by Gasteiger charge is -1.83. The van der Waals surface area contributed by atoms with Gasteiger partial charge in [-0.1, -0.05) is 21.1 Å². The molecule has 1 rings (SSSR count). The summed E-state index contributed by atoms with van der Waals surface area (Å²) in [7, 11) is 0. The third-order valence-corrected chi connectivity index (χ3v) is 1.29. The molecule has 1 heterocycles. The van der Waals surface area contributed by atoms with Crippen molar-refractivity contribution in [2.45, 2.75) is 11.8 Å². The van der Waals surface area contributed by atoms with E-state index in [0.717, 1.165) is 0 Å². The zero-order chi connectivity index (χ0) is 7.56. The third kappa shape index (κ3) is 1.50. The summed E-state index contributed by atoms with van der Waals surface area (Å²) in [6.07, 6.45) is -2.68. The van der Waals surface area contributed by atoms with E-state index in [4.69, 9.17) is 0 Å². The molecule has 0 aliphatic rings. The van der Waals surface area contributed by atoms with Crippen molar-refractivity contribution < 1.29 is 13.3 Å². The molecular formula is C4H3BrF2N2O. The molecule has 0 bridgehead atoms. The topological polar surface area (TPSA) is 38.9 Å². The molecule has 0 fully saturated rings. The largest absolute Gasteiger partial charge is 0.333 e. The van der Waals surface area contributed by atoms with Crippen LogP contribution < -0.4 is 0 Å². The number of aromatic nitrogens is 2. The highest BCUT2D eigenvalue weighted by Crippen LogP contribution is 2.16. The maximum Gasteiger partial charge on any atom is 0.315 e. The minimum atomic E-state index is -2.68. The van der Waals surface area contributed by atoms with E-state index in [9.17, 15) is 8.78 Å². The fraction of sp³-hybridized carbons (Fsp3) is 0.500. The smallest absolute Gasteiger partial charge is 0.315 e. The molecule has 0 spiro atoms. The lowest BCUT2D eigenvalue weighted by Crippen LogP contribution is -1.84. The molecule has 0 aliphatic heterocycles. The Balaban J connectivity index is 2.78. The summed E-state index contributed by atoms with van der Waals surface area (Å²) in [6, 6.07) is 0. The van der Waals surface area contributed by atoms with E-state index in [-0.39, 0.29) is 5.82 Å². The molecule has 0 N–H and O–H groups in total. The second kappa shape index (κ2) is 3.05. The van der Waals surface area contributed by atoms with Gasteiger partial charge in [0.05, 0.1) is 5.33 Å². The van der Waals surface area contributed by atoms with Crippen LogP contribution in [0.1, 0.15) is 18.1 Å². The predicted molar refractivity (Wildman–Crippen MR) is 31.9 cm³/mol. The zero-order valence-corrected chi connectivity index (χ0v) is 6.31. The van der Waals surface area contributed by atoms with Gasteiger partial charge in [0.2, 0.25) is 0 Å². The van der Waals surface area contributed by atoms with E-state index in [2.05, 4.69) is 30.6 Å². The number of alkyl halides is 3. The number of nitrogens with zero attached hydrogens (tertiary/aromatic N) is 2. The van der Waals surface area contributed by atoms with Crippen LogP contribution in [0, 0.1) is 0 Å². The van der Waals surface area contributed by atoms with E-state index in [1.54, 1.807) is 0 Å². The van der Waals surface area contributed by atoms with Crippen LogP contribution in [-0.2, 0) is 5.33 Å². The lowest BCUT2D eigenvalue weighted by molar-refractivity contribution is 0.106. The summed E-state index contributed by atoms with van der Waals surface area (Å²) >= 11 is 2.99. The van der Waals surface area contributed by atoms with E-state index < -0.39 is 12.3 Å². The Morgan fingerprint density at radius 1 is 1.60 bits per heavy atom. The monoisotopic (exact) mass is 212 g/mol. The molecule has 1 aromatic heterocycles. The quantitative estimate of drug-likeness (QED) is 0.704. The highest BCUT2D eigenvalue weighted by molar-refractivity contribution is 9.08. The van der Waals surface area contributed by atoms with Gasteiger partial charge in [0.1, 0.15) is 0 Å². The molecule has 0 saturated heterocycles. The number of rotatable bonds is 2. The van der Waals surface area contributed by atoms with Crippen molar-refractivity contribution in [3.05, 3.63) is 11.7 Å². The maximum atomic E-state index is 11.7. The van der Waals surface area contributed by atoms with Crippen molar-refractivity contribution in [2.75, 3.05) is 0 Å². The van der Waals surface area contributed by atoms with Gasteiger partial charge in [0.25, 0.3) is 5.89 Å². The van der Waals surface area contributed by atoms with Gasteiger partial charge in [-0.05, 0) is 0 Å². The number of halogens is 3. The molecule has 0 radical (unpaired) electrons. The second-order valence-electron chi connectivity index (χ2n) is 1.48. The molecule has 6 heteroatoms. The van der Waals surface area contributed by atoms with Gasteiger partial charge in [-0.25, -0.2) is 0 Å². The minimum Gasteiger partial charge on any atom is -0.333 e. The number of hydrogen-bond acceptors (Lipinski definition) is 3. The maximum absolute atomic E-state index is 11.7. The molecule has 0 aliphatic carbocycles. The Kier molecular flexibility index (Phi) is 2.31. The van der Waals surface area contributed by atoms with Crippen molar-refractivity contribution in [3.63, 3.8) is 0 Å². The Hall–Kier alpha value is -0.520. The molecule has 0 atom stereocenters. The predicted octanol–water partition coefficient (Wildman–Crippen LogP) is 1.90. The molecular weight excluding hydrogens is 210 g/mol. The molecule has 10 heavy (non-hydrogen) atoms. The van der Waals surface area contributed by atoms with Crippen LogP contribution in [0.5, 0.6) is 0 Å². The van der Waals surface area contributed by atoms with Gasteiger partial charge >= 0.3 is 6.43 Å². The summed E-state index contributed by atoms with van der Waals surface area (Å²) in [5.74, 6) is -0.398. The van der Waals surface area contributed by atoms with Crippen LogP contribution in [0.2, 0.25) is 0 Å². The van der Waals surface area contributed by atoms with Crippen molar-refractivity contribution in [1.29, 1.82) is 0 Å². The van der Waals surface area contributed by atoms with Crippen molar-refractivity contribution in [2.24, 2.45) is 0 Å². The first-order valence-corrected chi connectivity index (χ1v) is 3.52. The van der Waals surface area contributed by atoms with E-state index in [1.807, 2.05) is 0 Å². The lowest BCUT2D eigenvalue weighted by atomic mass is 10.7. The minimum absolute atomic E-state index is 0.232. The average molecular weight is 213 g/mol. The van der Waals surface area contributed by atoms with E-state index >= 15 is 0 Å². The van der Waals surface area contributed by atoms with E-state index in [0.29, 0.717) is 5.33 Å². The first kappa shape index (κ1) is 7.59. The third-order valence-electron chi connectivity index (χ3n) is 0.790. The van der Waals surface area contributed by atoms with Crippen LogP contribution in [-0.4, -0.2) is 10.1 Å². The van der Waals surface area contributed by atoms with Crippen LogP contribution >= 0.6 is 15.9 Å². The van der Waals surface area contributed by atoms with Crippen molar-refractivity contribution in [1.82, 2.24) is 10.1 Å². The standard InChI is InChI=1S/C4H3BrF2N2O/c5-1-2-8-4(3(6)7)10-9-2/h3H,1H2. The summed E-state index contributed by atoms with van der Waals surface area (Å²) in [5.41, 5.74) is 0. The molecule has 0 saturated carbocycles. The Morgan fingerprint density at radius 3 is 2.60 bits per heavy atom. The SMILES string of the molecule is FC(F)c1nc(CBr)no1. The fourth-order valence-corrected chi connectivity index (χ4v) is 0.638. The zero-order valence-electron chi connectivity index (χ0n) is 4.72. The van der Waals surface area contributed by atoms with Crippen molar-refractivity contribution in [3.8, 4) is 0 Å². The first-order chi connectivity index (χ1) is 4.74. The average Bonchev–Trinajstić information content (AvgIpc) is 2.34. The molecule has 1 aromatic rings. The second-order valence-corrected chi connectivity index (χ2v) is 2.04. The summed E-state index contributed by atoms with van der Waals surface area (Å²) in [4.78, 5) is 3.35. The number of hydrogen-bond donors (Lipinski definition) is 0. The Morgan fingerprint density at radius 2 is 2.30 bits per heavy atom. The van der Waals surface area contributed by atoms with Crippen LogP contribution in [0.15, 0.2) is 4.52 Å². The molecule has 0 unspecified atom stereocenters. The van der Waals surface area contributed by atoms with Crippen LogP contribution in [0.25, 0.3) is 0 Å². The van der Waals surface area contributed by atoms with Gasteiger partial charge < -0.3 is 4.52 Å². The van der Waals surface area contributed by atoms with Gasteiger partial charge in [0.15, 0.2) is 5.82 Å². The summed E-state index contributed by atoms with van der Waals surface area (Å²) in [5, 5.41) is 3.57. The Bertz CT molecular complexity index is 215. The summed E-state index contributed by atoms with van der Waals surface area (Å²) < 4.78 is 27.6. The van der Waals surface area contributed by atoms with Crippen LogP contribution in [0.3, 0.4) is 0 Å². The molecule has 56 valence electrons. The van der Waals surface area contributed by atoms with E-state index in [1.165, 1.54) is 0 Å².